The smallest absolute Gasteiger partial charge is 0.232 e. The molecular formula is C10H18N2OS. The number of thioether (sulfide) groups is 1. The van der Waals surface area contributed by atoms with Gasteiger partial charge in [0.15, 0.2) is 0 Å². The fraction of sp³-hybridized carbons (Fsp3) is 0.800. The van der Waals surface area contributed by atoms with Crippen molar-refractivity contribution in [2.24, 2.45) is 5.92 Å². The molecule has 0 aromatic rings. The summed E-state index contributed by atoms with van der Waals surface area (Å²) in [5, 5.41) is 8.47. The third-order valence-corrected chi connectivity index (χ3v) is 2.24. The Morgan fingerprint density at radius 2 is 2.21 bits per heavy atom. The highest BCUT2D eigenvalue weighted by Crippen LogP contribution is 2.03. The molecule has 0 rings (SSSR count). The molecule has 0 aliphatic carbocycles. The SMILES string of the molecule is CSCC(=O)N(CCC#N)CC(C)C. The Bertz CT molecular complexity index is 211. The standard InChI is InChI=1S/C10H18N2OS/c1-9(2)7-12(6-4-5-11)10(13)8-14-3/h9H,4,6-8H2,1-3H3. The molecule has 0 saturated carbocycles. The Balaban J connectivity index is 4.09. The molecule has 14 heavy (non-hydrogen) atoms. The van der Waals surface area contributed by atoms with Crippen molar-refractivity contribution in [1.29, 1.82) is 5.26 Å². The minimum atomic E-state index is 0.140. The molecule has 0 aromatic carbocycles. The first-order valence-corrected chi connectivity index (χ1v) is 6.14. The zero-order chi connectivity index (χ0) is 11.0. The Morgan fingerprint density at radius 3 is 2.64 bits per heavy atom. The number of hydrogen-bond donors (Lipinski definition) is 0. The maximum absolute atomic E-state index is 11.6. The molecule has 0 saturated heterocycles. The van der Waals surface area contributed by atoms with Crippen molar-refractivity contribution in [1.82, 2.24) is 4.90 Å². The number of rotatable bonds is 6. The second kappa shape index (κ2) is 7.69. The van der Waals surface area contributed by atoms with Gasteiger partial charge in [0.05, 0.1) is 18.2 Å². The van der Waals surface area contributed by atoms with Crippen LogP contribution in [0.25, 0.3) is 0 Å². The molecule has 0 fully saturated rings. The Hall–Kier alpha value is -0.690. The van der Waals surface area contributed by atoms with E-state index < -0.39 is 0 Å². The van der Waals surface area contributed by atoms with Gasteiger partial charge >= 0.3 is 0 Å². The van der Waals surface area contributed by atoms with E-state index in [1.807, 2.05) is 6.26 Å². The minimum Gasteiger partial charge on any atom is -0.341 e. The molecule has 0 atom stereocenters. The van der Waals surface area contributed by atoms with Crippen LogP contribution in [-0.2, 0) is 4.79 Å². The molecule has 0 spiro atoms. The normalized spacial score (nSPS) is 9.93. The molecule has 0 aliphatic heterocycles. The van der Waals surface area contributed by atoms with Gasteiger partial charge in [0.2, 0.25) is 5.91 Å². The quantitative estimate of drug-likeness (QED) is 0.676. The number of hydrogen-bond acceptors (Lipinski definition) is 3. The summed E-state index contributed by atoms with van der Waals surface area (Å²) in [4.78, 5) is 13.4. The molecule has 0 N–H and O–H groups in total. The van der Waals surface area contributed by atoms with Gasteiger partial charge < -0.3 is 4.90 Å². The second-order valence-electron chi connectivity index (χ2n) is 3.57. The molecular weight excluding hydrogens is 196 g/mol. The van der Waals surface area contributed by atoms with E-state index in [4.69, 9.17) is 5.26 Å². The highest BCUT2D eigenvalue weighted by molar-refractivity contribution is 7.99. The van der Waals surface area contributed by atoms with Crippen LogP contribution in [0.5, 0.6) is 0 Å². The molecule has 0 heterocycles. The van der Waals surface area contributed by atoms with E-state index in [0.29, 0.717) is 24.6 Å². The van der Waals surface area contributed by atoms with Crippen LogP contribution in [0.4, 0.5) is 0 Å². The summed E-state index contributed by atoms with van der Waals surface area (Å²) in [6, 6.07) is 2.07. The minimum absolute atomic E-state index is 0.140. The average molecular weight is 214 g/mol. The molecule has 0 aliphatic rings. The van der Waals surface area contributed by atoms with Crippen molar-refractivity contribution in [3.05, 3.63) is 0 Å². The van der Waals surface area contributed by atoms with E-state index in [0.717, 1.165) is 6.54 Å². The van der Waals surface area contributed by atoms with E-state index in [1.165, 1.54) is 11.8 Å². The summed E-state index contributed by atoms with van der Waals surface area (Å²) in [6.07, 6.45) is 2.34. The van der Waals surface area contributed by atoms with Crippen LogP contribution in [0.1, 0.15) is 20.3 Å². The van der Waals surface area contributed by atoms with Gasteiger partial charge in [-0.2, -0.15) is 17.0 Å². The lowest BCUT2D eigenvalue weighted by Crippen LogP contribution is -2.36. The average Bonchev–Trinajstić information content (AvgIpc) is 2.12. The molecule has 0 unspecified atom stereocenters. The summed E-state index contributed by atoms with van der Waals surface area (Å²) >= 11 is 1.52. The van der Waals surface area contributed by atoms with Crippen molar-refractivity contribution in [2.45, 2.75) is 20.3 Å². The van der Waals surface area contributed by atoms with Crippen molar-refractivity contribution < 1.29 is 4.79 Å². The van der Waals surface area contributed by atoms with Crippen molar-refractivity contribution in [2.75, 3.05) is 25.1 Å². The topological polar surface area (TPSA) is 44.1 Å². The maximum Gasteiger partial charge on any atom is 0.232 e. The van der Waals surface area contributed by atoms with Crippen LogP contribution >= 0.6 is 11.8 Å². The maximum atomic E-state index is 11.6. The summed E-state index contributed by atoms with van der Waals surface area (Å²) < 4.78 is 0. The molecule has 3 nitrogen and oxygen atoms in total. The van der Waals surface area contributed by atoms with Crippen LogP contribution in [-0.4, -0.2) is 35.9 Å². The van der Waals surface area contributed by atoms with Gasteiger partial charge in [-0.25, -0.2) is 0 Å². The van der Waals surface area contributed by atoms with E-state index in [1.54, 1.807) is 4.90 Å². The van der Waals surface area contributed by atoms with E-state index in [-0.39, 0.29) is 5.91 Å². The van der Waals surface area contributed by atoms with E-state index >= 15 is 0 Å². The third-order valence-electron chi connectivity index (χ3n) is 1.70. The predicted molar refractivity (Wildman–Crippen MR) is 60.0 cm³/mol. The first-order chi connectivity index (χ1) is 6.61. The highest BCUT2D eigenvalue weighted by Gasteiger charge is 2.13. The Labute approximate surface area is 90.5 Å². The zero-order valence-corrected chi connectivity index (χ0v) is 9.93. The summed E-state index contributed by atoms with van der Waals surface area (Å²) in [6.45, 7) is 5.46. The van der Waals surface area contributed by atoms with Gasteiger partial charge in [0.25, 0.3) is 0 Å². The monoisotopic (exact) mass is 214 g/mol. The Kier molecular flexibility index (Phi) is 7.31. The first kappa shape index (κ1) is 13.3. The van der Waals surface area contributed by atoms with E-state index in [2.05, 4.69) is 19.9 Å². The Morgan fingerprint density at radius 1 is 1.57 bits per heavy atom. The predicted octanol–water partition coefficient (Wildman–Crippen LogP) is 1.75. The molecule has 0 aromatic heterocycles. The van der Waals surface area contributed by atoms with Crippen molar-refractivity contribution in [3.8, 4) is 6.07 Å². The summed E-state index contributed by atoms with van der Waals surface area (Å²) in [5.74, 6) is 1.11. The number of nitriles is 1. The van der Waals surface area contributed by atoms with Crippen LogP contribution in [0, 0.1) is 17.2 Å². The fourth-order valence-corrected chi connectivity index (χ4v) is 1.59. The molecule has 0 bridgehead atoms. The lowest BCUT2D eigenvalue weighted by molar-refractivity contribution is -0.128. The fourth-order valence-electron chi connectivity index (χ4n) is 1.16. The van der Waals surface area contributed by atoms with Crippen LogP contribution < -0.4 is 0 Å². The summed E-state index contributed by atoms with van der Waals surface area (Å²) in [7, 11) is 0. The molecule has 1 amide bonds. The van der Waals surface area contributed by atoms with Crippen molar-refractivity contribution in [3.63, 3.8) is 0 Å². The first-order valence-electron chi connectivity index (χ1n) is 4.75. The van der Waals surface area contributed by atoms with Crippen LogP contribution in [0.15, 0.2) is 0 Å². The summed E-state index contributed by atoms with van der Waals surface area (Å²) in [5.41, 5.74) is 0. The highest BCUT2D eigenvalue weighted by atomic mass is 32.2. The number of amides is 1. The lowest BCUT2D eigenvalue weighted by Gasteiger charge is -2.23. The van der Waals surface area contributed by atoms with Crippen molar-refractivity contribution >= 4 is 17.7 Å². The largest absolute Gasteiger partial charge is 0.341 e. The van der Waals surface area contributed by atoms with Crippen LogP contribution in [0.3, 0.4) is 0 Å². The zero-order valence-electron chi connectivity index (χ0n) is 9.12. The van der Waals surface area contributed by atoms with Crippen LogP contribution in [0.2, 0.25) is 0 Å². The number of carbonyl (C=O) groups is 1. The second-order valence-corrected chi connectivity index (χ2v) is 4.44. The van der Waals surface area contributed by atoms with E-state index in [9.17, 15) is 4.79 Å². The number of nitrogens with zero attached hydrogens (tertiary/aromatic N) is 2. The molecule has 4 heteroatoms. The van der Waals surface area contributed by atoms with Gasteiger partial charge in [-0.05, 0) is 12.2 Å². The van der Waals surface area contributed by atoms with Gasteiger partial charge in [0, 0.05) is 13.1 Å². The third kappa shape index (κ3) is 5.87. The molecule has 80 valence electrons. The van der Waals surface area contributed by atoms with Gasteiger partial charge in [-0.1, -0.05) is 13.8 Å². The van der Waals surface area contributed by atoms with Gasteiger partial charge in [0.1, 0.15) is 0 Å². The van der Waals surface area contributed by atoms with Gasteiger partial charge in [-0.3, -0.25) is 4.79 Å². The lowest BCUT2D eigenvalue weighted by atomic mass is 10.2. The van der Waals surface area contributed by atoms with Gasteiger partial charge in [-0.15, -0.1) is 0 Å². The molecule has 0 radical (unpaired) electrons. The number of carbonyl (C=O) groups excluding carboxylic acids is 1.